The summed E-state index contributed by atoms with van der Waals surface area (Å²) in [5.74, 6) is 1.55. The number of ketones is 1. The molecule has 0 atom stereocenters. The van der Waals surface area contributed by atoms with Crippen LogP contribution in [0.5, 0.6) is 11.5 Å². The molecule has 4 nitrogen and oxygen atoms in total. The van der Waals surface area contributed by atoms with Gasteiger partial charge in [-0.15, -0.1) is 0 Å². The van der Waals surface area contributed by atoms with Crippen molar-refractivity contribution in [1.29, 1.82) is 0 Å². The second-order valence-corrected chi connectivity index (χ2v) is 9.61. The number of fused-ring (bicyclic) bond motifs is 3. The minimum atomic E-state index is -0.109. The van der Waals surface area contributed by atoms with Crippen LogP contribution in [0.1, 0.15) is 32.6 Å². The molecule has 7 heteroatoms. The van der Waals surface area contributed by atoms with Crippen LogP contribution in [-0.2, 0) is 13.1 Å². The van der Waals surface area contributed by atoms with Crippen LogP contribution in [0, 0.1) is 6.92 Å². The molecule has 32 heavy (non-hydrogen) atoms. The Kier molecular flexibility index (Phi) is 5.76. The normalized spacial score (nSPS) is 16.5. The van der Waals surface area contributed by atoms with Crippen LogP contribution in [0.25, 0.3) is 6.08 Å². The van der Waals surface area contributed by atoms with Crippen molar-refractivity contribution >= 4 is 51.0 Å². The van der Waals surface area contributed by atoms with Gasteiger partial charge in [0.05, 0.1) is 21.2 Å². The lowest BCUT2D eigenvalue weighted by Crippen LogP contribution is -2.31. The molecule has 0 bridgehead atoms. The number of halogens is 3. The summed E-state index contributed by atoms with van der Waals surface area (Å²) in [7, 11) is 0. The zero-order valence-electron chi connectivity index (χ0n) is 17.1. The lowest BCUT2D eigenvalue weighted by Gasteiger charge is -2.30. The third-order valence-corrected chi connectivity index (χ3v) is 6.76. The highest BCUT2D eigenvalue weighted by Gasteiger charge is 2.35. The Hall–Kier alpha value is -2.31. The monoisotopic (exact) mass is 529 g/mol. The van der Waals surface area contributed by atoms with Crippen molar-refractivity contribution in [3.8, 4) is 11.5 Å². The Morgan fingerprint density at radius 3 is 2.75 bits per heavy atom. The number of aryl methyl sites for hydroxylation is 1. The van der Waals surface area contributed by atoms with Gasteiger partial charge in [0.15, 0.2) is 5.76 Å². The number of benzene rings is 3. The summed E-state index contributed by atoms with van der Waals surface area (Å²) >= 11 is 15.7. The number of Topliss-reactive ketones (excluding diaryl/α,β-unsaturated/α-hetero) is 1. The first-order chi connectivity index (χ1) is 15.4. The smallest absolute Gasteiger partial charge is 0.232 e. The van der Waals surface area contributed by atoms with Gasteiger partial charge in [0.25, 0.3) is 0 Å². The molecule has 0 fully saturated rings. The molecule has 0 N–H and O–H groups in total. The zero-order valence-corrected chi connectivity index (χ0v) is 20.2. The van der Waals surface area contributed by atoms with E-state index in [-0.39, 0.29) is 5.78 Å². The fourth-order valence-corrected chi connectivity index (χ4v) is 4.76. The van der Waals surface area contributed by atoms with E-state index in [4.69, 9.17) is 32.7 Å². The maximum Gasteiger partial charge on any atom is 0.232 e. The summed E-state index contributed by atoms with van der Waals surface area (Å²) in [5, 5.41) is 1.05. The summed E-state index contributed by atoms with van der Waals surface area (Å²) in [6.45, 7) is 3.57. The van der Waals surface area contributed by atoms with E-state index in [1.54, 1.807) is 12.1 Å². The molecule has 2 aliphatic rings. The van der Waals surface area contributed by atoms with Gasteiger partial charge < -0.3 is 9.47 Å². The van der Waals surface area contributed by atoms with Crippen molar-refractivity contribution in [1.82, 2.24) is 4.90 Å². The summed E-state index contributed by atoms with van der Waals surface area (Å²) in [5.41, 5.74) is 4.24. The molecular weight excluding hydrogens is 513 g/mol. The van der Waals surface area contributed by atoms with Gasteiger partial charge in [0.1, 0.15) is 18.2 Å². The fraction of sp³-hybridized carbons (Fsp3) is 0.160. The van der Waals surface area contributed by atoms with Crippen LogP contribution in [0.3, 0.4) is 0 Å². The molecule has 3 aromatic rings. The zero-order chi connectivity index (χ0) is 22.4. The molecule has 0 spiro atoms. The van der Waals surface area contributed by atoms with Gasteiger partial charge in [-0.05, 0) is 60.0 Å². The lowest BCUT2D eigenvalue weighted by molar-refractivity contribution is 0.0872. The van der Waals surface area contributed by atoms with Crippen LogP contribution >= 0.6 is 39.1 Å². The van der Waals surface area contributed by atoms with Gasteiger partial charge in [-0.25, -0.2) is 0 Å². The minimum Gasteiger partial charge on any atom is -0.478 e. The first kappa shape index (κ1) is 21.5. The van der Waals surface area contributed by atoms with E-state index in [9.17, 15) is 4.79 Å². The molecule has 0 aliphatic carbocycles. The van der Waals surface area contributed by atoms with Crippen molar-refractivity contribution in [2.75, 3.05) is 6.73 Å². The molecule has 0 radical (unpaired) electrons. The van der Waals surface area contributed by atoms with E-state index in [0.717, 1.165) is 32.5 Å². The van der Waals surface area contributed by atoms with Crippen molar-refractivity contribution in [3.63, 3.8) is 0 Å². The van der Waals surface area contributed by atoms with Gasteiger partial charge in [0, 0.05) is 17.6 Å². The van der Waals surface area contributed by atoms with Crippen LogP contribution < -0.4 is 9.47 Å². The van der Waals surface area contributed by atoms with Gasteiger partial charge in [-0.1, -0.05) is 57.3 Å². The van der Waals surface area contributed by atoms with Gasteiger partial charge in [-0.3, -0.25) is 9.69 Å². The molecule has 2 heterocycles. The Morgan fingerprint density at radius 1 is 1.12 bits per heavy atom. The van der Waals surface area contributed by atoms with Crippen molar-refractivity contribution in [3.05, 3.63) is 96.6 Å². The summed E-state index contributed by atoms with van der Waals surface area (Å²) < 4.78 is 13.1. The molecule has 0 saturated carbocycles. The van der Waals surface area contributed by atoms with Crippen LogP contribution in [-0.4, -0.2) is 17.4 Å². The van der Waals surface area contributed by atoms with Crippen LogP contribution in [0.4, 0.5) is 0 Å². The number of allylic oxidation sites excluding steroid dienone is 1. The van der Waals surface area contributed by atoms with E-state index in [1.165, 1.54) is 0 Å². The maximum absolute atomic E-state index is 13.1. The first-order valence-electron chi connectivity index (χ1n) is 10.0. The number of hydrogen-bond donors (Lipinski definition) is 0. The highest BCUT2D eigenvalue weighted by Crippen LogP contribution is 2.44. The predicted molar refractivity (Wildman–Crippen MR) is 129 cm³/mol. The van der Waals surface area contributed by atoms with Gasteiger partial charge in [0.2, 0.25) is 5.78 Å². The number of carbonyl (C=O) groups is 1. The Labute approximate surface area is 204 Å². The molecule has 0 amide bonds. The second kappa shape index (κ2) is 8.56. The van der Waals surface area contributed by atoms with E-state index in [0.29, 0.717) is 46.9 Å². The van der Waals surface area contributed by atoms with Crippen molar-refractivity contribution < 1.29 is 14.3 Å². The van der Waals surface area contributed by atoms with Gasteiger partial charge in [-0.2, -0.15) is 0 Å². The number of nitrogens with zero attached hydrogens (tertiary/aromatic N) is 1. The molecular formula is C25H18BrCl2NO3. The lowest BCUT2D eigenvalue weighted by atomic mass is 9.98. The molecule has 0 unspecified atom stereocenters. The second-order valence-electron chi connectivity index (χ2n) is 7.88. The molecule has 2 aliphatic heterocycles. The van der Waals surface area contributed by atoms with Crippen LogP contribution in [0.15, 0.2) is 58.8 Å². The molecule has 0 aromatic heterocycles. The highest BCUT2D eigenvalue weighted by atomic mass is 79.9. The number of ether oxygens (including phenoxy) is 2. The average molecular weight is 531 g/mol. The number of rotatable bonds is 3. The third-order valence-electron chi connectivity index (χ3n) is 5.52. The SMILES string of the molecule is Cc1cc2c(c3c1C(=O)/C(=C/c1cccc(Br)c1)O3)CN(Cc1ccc(Cl)c(Cl)c1)CO2. The predicted octanol–water partition coefficient (Wildman–Crippen LogP) is 7.03. The Morgan fingerprint density at radius 2 is 1.97 bits per heavy atom. The first-order valence-corrected chi connectivity index (χ1v) is 11.6. The molecule has 5 rings (SSSR count). The van der Waals surface area contributed by atoms with E-state index >= 15 is 0 Å². The van der Waals surface area contributed by atoms with E-state index in [2.05, 4.69) is 20.8 Å². The molecule has 3 aromatic carbocycles. The van der Waals surface area contributed by atoms with E-state index < -0.39 is 0 Å². The highest BCUT2D eigenvalue weighted by molar-refractivity contribution is 9.10. The Bertz CT molecular complexity index is 1290. The van der Waals surface area contributed by atoms with Gasteiger partial charge >= 0.3 is 0 Å². The summed E-state index contributed by atoms with van der Waals surface area (Å²) in [6.07, 6.45) is 1.77. The average Bonchev–Trinajstić information content (AvgIpc) is 3.08. The summed E-state index contributed by atoms with van der Waals surface area (Å²) in [6, 6.07) is 15.3. The number of carbonyl (C=O) groups excluding carboxylic acids is 1. The largest absolute Gasteiger partial charge is 0.478 e. The van der Waals surface area contributed by atoms with Crippen molar-refractivity contribution in [2.24, 2.45) is 0 Å². The maximum atomic E-state index is 13.1. The Balaban J connectivity index is 1.45. The minimum absolute atomic E-state index is 0.109. The standard InChI is InChI=1S/C25H18BrCl2NO3/c1-14-7-21-18(12-29(13-31-21)11-16-5-6-19(27)20(28)9-16)25-23(14)24(30)22(32-25)10-15-3-2-4-17(26)8-15/h2-10H,11-13H2,1H3/b22-10-. The quantitative estimate of drug-likeness (QED) is 0.341. The van der Waals surface area contributed by atoms with Crippen molar-refractivity contribution in [2.45, 2.75) is 20.0 Å². The number of hydrogen-bond acceptors (Lipinski definition) is 4. The molecule has 0 saturated heterocycles. The topological polar surface area (TPSA) is 38.8 Å². The molecule has 162 valence electrons. The summed E-state index contributed by atoms with van der Waals surface area (Å²) in [4.78, 5) is 15.3. The van der Waals surface area contributed by atoms with E-state index in [1.807, 2.05) is 49.4 Å². The third kappa shape index (κ3) is 4.06. The fourth-order valence-electron chi connectivity index (χ4n) is 4.02. The van der Waals surface area contributed by atoms with Crippen LogP contribution in [0.2, 0.25) is 10.0 Å².